The number of alkyl halides is 3. The Morgan fingerprint density at radius 1 is 0.973 bits per heavy atom. The summed E-state index contributed by atoms with van der Waals surface area (Å²) in [7, 11) is 0. The van der Waals surface area contributed by atoms with Gasteiger partial charge in [0.05, 0.1) is 51.7 Å². The lowest BCUT2D eigenvalue weighted by atomic mass is 10.0. The molecule has 2 saturated heterocycles. The van der Waals surface area contributed by atoms with Crippen LogP contribution in [0.15, 0.2) is 90.4 Å². The van der Waals surface area contributed by atoms with Gasteiger partial charge in [-0.25, -0.2) is 4.98 Å². The van der Waals surface area contributed by atoms with Crippen molar-refractivity contribution in [1.29, 1.82) is 5.26 Å². The lowest BCUT2D eigenvalue weighted by Gasteiger charge is -2.35. The summed E-state index contributed by atoms with van der Waals surface area (Å²) in [6, 6.07) is 23.4. The Bertz CT molecular complexity index is 2940. The molecule has 19 heteroatoms. The number of halogens is 3. The van der Waals surface area contributed by atoms with Gasteiger partial charge in [-0.3, -0.25) is 24.1 Å². The third-order valence-corrected chi connectivity index (χ3v) is 14.8. The van der Waals surface area contributed by atoms with Crippen LogP contribution >= 0.6 is 23.6 Å². The zero-order valence-corrected chi connectivity index (χ0v) is 42.7. The molecule has 4 aromatic carbocycles. The summed E-state index contributed by atoms with van der Waals surface area (Å²) in [6.07, 6.45) is -3.22. The van der Waals surface area contributed by atoms with Gasteiger partial charge in [-0.1, -0.05) is 50.2 Å². The molecule has 2 fully saturated rings. The number of unbranched alkanes of at least 4 members (excludes halogenated alkanes) is 1. The molecule has 5 aromatic rings. The zero-order chi connectivity index (χ0) is 52.4. The lowest BCUT2D eigenvalue weighted by molar-refractivity contribution is -0.143. The third-order valence-electron chi connectivity index (χ3n) is 13.5. The first-order valence-electron chi connectivity index (χ1n) is 24.1. The van der Waals surface area contributed by atoms with Gasteiger partial charge in [-0.05, 0) is 129 Å². The summed E-state index contributed by atoms with van der Waals surface area (Å²) in [4.78, 5) is 66.4. The first-order chi connectivity index (χ1) is 34.8. The van der Waals surface area contributed by atoms with Gasteiger partial charge in [0, 0.05) is 43.9 Å². The number of ether oxygens (including phenoxy) is 2. The Morgan fingerprint density at radius 3 is 2.36 bits per heavy atom. The van der Waals surface area contributed by atoms with E-state index in [9.17, 15) is 42.7 Å². The minimum Gasteiger partial charge on any atom is -0.491 e. The molecule has 3 atom stereocenters. The fraction of sp³-hybridized carbons (Fsp3) is 0.389. The Balaban J connectivity index is 0.777. The number of fused-ring (bicyclic) bond motifs is 1. The second-order valence-corrected chi connectivity index (χ2v) is 20.5. The number of aromatic nitrogens is 1. The van der Waals surface area contributed by atoms with E-state index in [4.69, 9.17) is 21.7 Å². The molecule has 0 spiro atoms. The molecule has 1 unspecified atom stereocenters. The summed E-state index contributed by atoms with van der Waals surface area (Å²) in [6.45, 7) is 10.6. The topological polar surface area (TPSA) is 169 Å². The van der Waals surface area contributed by atoms with Crippen LogP contribution < -0.4 is 19.9 Å². The summed E-state index contributed by atoms with van der Waals surface area (Å²) in [5.74, 6) is -1.21. The highest BCUT2D eigenvalue weighted by atomic mass is 32.1. The second-order valence-electron chi connectivity index (χ2n) is 19.3. The molecule has 4 amide bonds. The summed E-state index contributed by atoms with van der Waals surface area (Å²) < 4.78 is 52.9. The highest BCUT2D eigenvalue weighted by molar-refractivity contribution is 7.81. The van der Waals surface area contributed by atoms with E-state index in [1.165, 1.54) is 11.0 Å². The molecular formula is C54H56F3N7O7S2. The smallest absolute Gasteiger partial charge is 0.417 e. The highest BCUT2D eigenvalue weighted by Crippen LogP contribution is 2.40. The Kier molecular flexibility index (Phi) is 15.7. The van der Waals surface area contributed by atoms with Gasteiger partial charge < -0.3 is 34.6 Å². The third kappa shape index (κ3) is 11.1. The molecule has 382 valence electrons. The van der Waals surface area contributed by atoms with Crippen LogP contribution in [0.1, 0.15) is 90.8 Å². The van der Waals surface area contributed by atoms with E-state index in [2.05, 4.69) is 10.3 Å². The Hall–Kier alpha value is -6.72. The SMILES string of the molecule is Cc1ncsc1-c1ccc(CNC(=O)[C@@H]2C[C@@H](O)CN2C(=O)C(C(C)C)N2Cc3cc(CCCCOCCOc4ccc(N5C(=S)N(c6ccc(C#N)c(C(F)(F)F)c6)C(=O)C5(C)C)cc4)ccc3C2=O)cc1. The molecule has 0 radical (unpaired) electrons. The van der Waals surface area contributed by atoms with Gasteiger partial charge in [0.15, 0.2) is 5.11 Å². The van der Waals surface area contributed by atoms with Crippen LogP contribution in [0.2, 0.25) is 0 Å². The number of nitrogens with one attached hydrogen (secondary N) is 1. The van der Waals surface area contributed by atoms with Crippen molar-refractivity contribution in [2.45, 2.75) is 103 Å². The summed E-state index contributed by atoms with van der Waals surface area (Å²) in [5, 5.41) is 22.9. The molecule has 0 saturated carbocycles. The molecule has 0 bridgehead atoms. The van der Waals surface area contributed by atoms with Crippen molar-refractivity contribution in [2.24, 2.45) is 5.92 Å². The zero-order valence-electron chi connectivity index (χ0n) is 41.1. The number of carbonyl (C=O) groups excluding carboxylic acids is 4. The Morgan fingerprint density at radius 2 is 1.68 bits per heavy atom. The molecule has 8 rings (SSSR count). The van der Waals surface area contributed by atoms with Gasteiger partial charge in [0.25, 0.3) is 11.8 Å². The van der Waals surface area contributed by atoms with Crippen molar-refractivity contribution in [1.82, 2.24) is 20.1 Å². The highest BCUT2D eigenvalue weighted by Gasteiger charge is 2.51. The van der Waals surface area contributed by atoms with Crippen molar-refractivity contribution in [3.63, 3.8) is 0 Å². The van der Waals surface area contributed by atoms with E-state index in [-0.39, 0.29) is 67.1 Å². The van der Waals surface area contributed by atoms with Gasteiger partial charge in [0.2, 0.25) is 11.8 Å². The average molecular weight is 1040 g/mol. The van der Waals surface area contributed by atoms with Gasteiger partial charge in [0.1, 0.15) is 30.0 Å². The maximum atomic E-state index is 14.3. The van der Waals surface area contributed by atoms with Crippen molar-refractivity contribution in [3.05, 3.63) is 130 Å². The number of anilines is 2. The molecule has 4 heterocycles. The summed E-state index contributed by atoms with van der Waals surface area (Å²) in [5.41, 5.74) is 4.65. The van der Waals surface area contributed by atoms with Gasteiger partial charge in [-0.15, -0.1) is 11.3 Å². The van der Waals surface area contributed by atoms with Gasteiger partial charge >= 0.3 is 6.18 Å². The number of aryl methyl sites for hydroxylation is 2. The number of thiocarbonyl (C=S) groups is 1. The number of nitriles is 1. The van der Waals surface area contributed by atoms with E-state index in [0.717, 1.165) is 69.1 Å². The molecule has 3 aliphatic heterocycles. The van der Waals surface area contributed by atoms with Crippen molar-refractivity contribution >= 4 is 63.7 Å². The van der Waals surface area contributed by atoms with Crippen LogP contribution in [0.5, 0.6) is 5.75 Å². The van der Waals surface area contributed by atoms with Crippen molar-refractivity contribution < 1.29 is 46.9 Å². The number of hydrogen-bond acceptors (Lipinski definition) is 11. The van der Waals surface area contributed by atoms with E-state index < -0.39 is 46.9 Å². The predicted octanol–water partition coefficient (Wildman–Crippen LogP) is 8.60. The van der Waals surface area contributed by atoms with Crippen LogP contribution in [0, 0.1) is 24.2 Å². The number of rotatable bonds is 18. The maximum absolute atomic E-state index is 14.3. The molecule has 14 nitrogen and oxygen atoms in total. The average Bonchev–Trinajstić information content (AvgIpc) is 4.10. The van der Waals surface area contributed by atoms with E-state index in [1.807, 2.05) is 68.7 Å². The number of likely N-dealkylation sites (tertiary alicyclic amines) is 1. The van der Waals surface area contributed by atoms with Crippen LogP contribution in [0.25, 0.3) is 10.4 Å². The largest absolute Gasteiger partial charge is 0.491 e. The molecule has 73 heavy (non-hydrogen) atoms. The lowest BCUT2D eigenvalue weighted by Crippen LogP contribution is -2.55. The minimum atomic E-state index is -4.80. The fourth-order valence-corrected chi connectivity index (χ4v) is 11.0. The number of amides is 4. The number of aliphatic hydroxyl groups is 1. The first kappa shape index (κ1) is 52.6. The number of hydrogen-bond donors (Lipinski definition) is 2. The van der Waals surface area contributed by atoms with E-state index in [1.54, 1.807) is 65.3 Å². The monoisotopic (exact) mass is 1040 g/mol. The van der Waals surface area contributed by atoms with Crippen molar-refractivity contribution in [2.75, 3.05) is 36.2 Å². The van der Waals surface area contributed by atoms with E-state index >= 15 is 0 Å². The molecule has 3 aliphatic rings. The molecule has 2 N–H and O–H groups in total. The maximum Gasteiger partial charge on any atom is 0.417 e. The number of nitrogens with zero attached hydrogens (tertiary/aromatic N) is 6. The number of benzene rings is 4. The number of aliphatic hydroxyl groups excluding tert-OH is 1. The predicted molar refractivity (Wildman–Crippen MR) is 274 cm³/mol. The standard InChI is InChI=1S/C54H56F3N7O7S2/c1-32(2)46(50(68)61-30-41(65)26-45(61)48(66)59-28-35-9-12-36(13-10-35)47-33(3)60-31-73-47)62-29-38-24-34(11-20-43(38)49(62)67)8-6-7-21-70-22-23-71-42-18-16-39(17-19-42)64-52(72)63(51(69)53(64,4)5)40-15-14-37(27-58)44(25-40)54(55,56)57/h9-20,24-25,31-32,41,45-46,65H,6-8,21-23,26,28-30H2,1-5H3,(H,59,66)/t41-,45+,46?/m1/s1. The van der Waals surface area contributed by atoms with Crippen LogP contribution in [0.4, 0.5) is 24.5 Å². The molecule has 0 aliphatic carbocycles. The minimum absolute atomic E-state index is 0.0000442. The van der Waals surface area contributed by atoms with Crippen LogP contribution in [-0.2, 0) is 44.8 Å². The second kappa shape index (κ2) is 21.8. The fourth-order valence-electron chi connectivity index (χ4n) is 9.70. The van der Waals surface area contributed by atoms with Crippen molar-refractivity contribution in [3.8, 4) is 22.3 Å². The molecular weight excluding hydrogens is 980 g/mol. The first-order valence-corrected chi connectivity index (χ1v) is 25.4. The van der Waals surface area contributed by atoms with Gasteiger partial charge in [-0.2, -0.15) is 18.4 Å². The number of carbonyl (C=O) groups is 4. The van der Waals surface area contributed by atoms with Crippen LogP contribution in [0.3, 0.4) is 0 Å². The molecule has 1 aromatic heterocycles. The van der Waals surface area contributed by atoms with E-state index in [0.29, 0.717) is 30.2 Å². The quantitative estimate of drug-likeness (QED) is 0.0637. The normalized spacial score (nSPS) is 17.9. The Labute approximate surface area is 431 Å². The van der Waals surface area contributed by atoms with Crippen LogP contribution in [-0.4, -0.2) is 98.7 Å². The number of thiazole rings is 1. The number of β-amino-alcohol motifs (C(OH)–C–C–N with tert-alkyl or cyclic N) is 1. The summed E-state index contributed by atoms with van der Waals surface area (Å²) >= 11 is 7.21.